The van der Waals surface area contributed by atoms with E-state index in [1.807, 2.05) is 43.0 Å². The SMILES string of the molecule is COC(=O)C(=O)N(CCOC(C)C)c1ccc(C(=O)N2CCN(CCc3ccc(Cl)cc3)CC2)cc1. The molecule has 9 heteroatoms. The molecular weight excluding hydrogens is 482 g/mol. The Kier molecular flexibility index (Phi) is 10.3. The summed E-state index contributed by atoms with van der Waals surface area (Å²) in [5, 5.41) is 0.738. The smallest absolute Gasteiger partial charge is 0.397 e. The number of rotatable bonds is 9. The molecule has 0 aliphatic carbocycles. The standard InChI is InChI=1S/C27H34ClN3O5/c1-20(2)36-19-18-31(26(33)27(34)35-3)24-10-6-22(7-11-24)25(32)30-16-14-29(15-17-30)13-12-21-4-8-23(28)9-5-21/h4-11,20H,12-19H2,1-3H3. The average Bonchev–Trinajstić information content (AvgIpc) is 2.90. The first-order chi connectivity index (χ1) is 17.3. The molecule has 1 aliphatic rings. The van der Waals surface area contributed by atoms with Crippen molar-refractivity contribution in [1.82, 2.24) is 9.80 Å². The van der Waals surface area contributed by atoms with E-state index in [0.29, 0.717) is 24.3 Å². The Bertz CT molecular complexity index is 1020. The summed E-state index contributed by atoms with van der Waals surface area (Å²) in [7, 11) is 1.17. The molecule has 1 saturated heterocycles. The minimum absolute atomic E-state index is 0.00187. The number of anilines is 1. The molecule has 0 bridgehead atoms. The summed E-state index contributed by atoms with van der Waals surface area (Å²) in [4.78, 5) is 42.9. The van der Waals surface area contributed by atoms with Gasteiger partial charge in [0.05, 0.1) is 19.8 Å². The molecule has 1 fully saturated rings. The molecule has 2 aromatic rings. The van der Waals surface area contributed by atoms with Gasteiger partial charge in [-0.3, -0.25) is 14.5 Å². The third-order valence-electron chi connectivity index (χ3n) is 6.09. The van der Waals surface area contributed by atoms with Crippen LogP contribution in [-0.2, 0) is 25.5 Å². The zero-order valence-corrected chi connectivity index (χ0v) is 21.9. The summed E-state index contributed by atoms with van der Waals surface area (Å²) in [5.41, 5.74) is 2.28. The highest BCUT2D eigenvalue weighted by Gasteiger charge is 2.25. The van der Waals surface area contributed by atoms with Gasteiger partial charge in [-0.15, -0.1) is 0 Å². The Labute approximate surface area is 217 Å². The van der Waals surface area contributed by atoms with Crippen molar-refractivity contribution in [2.45, 2.75) is 26.4 Å². The summed E-state index contributed by atoms with van der Waals surface area (Å²) in [6.45, 7) is 8.12. The van der Waals surface area contributed by atoms with E-state index in [0.717, 1.165) is 31.1 Å². The molecule has 36 heavy (non-hydrogen) atoms. The number of benzene rings is 2. The van der Waals surface area contributed by atoms with Crippen molar-refractivity contribution in [3.05, 3.63) is 64.7 Å². The second kappa shape index (κ2) is 13.4. The van der Waals surface area contributed by atoms with Gasteiger partial charge >= 0.3 is 11.9 Å². The molecule has 2 aromatic carbocycles. The maximum Gasteiger partial charge on any atom is 0.397 e. The van der Waals surface area contributed by atoms with Gasteiger partial charge in [-0.2, -0.15) is 0 Å². The van der Waals surface area contributed by atoms with Gasteiger partial charge < -0.3 is 19.3 Å². The first-order valence-corrected chi connectivity index (χ1v) is 12.5. The fraction of sp³-hybridized carbons (Fsp3) is 0.444. The summed E-state index contributed by atoms with van der Waals surface area (Å²) in [5.74, 6) is -1.78. The number of carbonyl (C=O) groups excluding carboxylic acids is 3. The van der Waals surface area contributed by atoms with E-state index in [-0.39, 0.29) is 25.2 Å². The van der Waals surface area contributed by atoms with Gasteiger partial charge in [-0.1, -0.05) is 23.7 Å². The third kappa shape index (κ3) is 7.78. The summed E-state index contributed by atoms with van der Waals surface area (Å²) < 4.78 is 10.1. The first kappa shape index (κ1) is 27.6. The Morgan fingerprint density at radius 3 is 2.19 bits per heavy atom. The molecule has 0 aromatic heterocycles. The largest absolute Gasteiger partial charge is 0.462 e. The van der Waals surface area contributed by atoms with E-state index in [9.17, 15) is 14.4 Å². The van der Waals surface area contributed by atoms with Gasteiger partial charge in [0, 0.05) is 55.5 Å². The maximum atomic E-state index is 13.1. The van der Waals surface area contributed by atoms with Crippen molar-refractivity contribution in [2.75, 3.05) is 57.9 Å². The molecule has 0 N–H and O–H groups in total. The highest BCUT2D eigenvalue weighted by Crippen LogP contribution is 2.18. The number of amides is 2. The molecule has 2 amide bonds. The van der Waals surface area contributed by atoms with Gasteiger partial charge in [-0.05, 0) is 62.2 Å². The predicted octanol–water partition coefficient (Wildman–Crippen LogP) is 3.27. The second-order valence-electron chi connectivity index (χ2n) is 8.93. The lowest BCUT2D eigenvalue weighted by Crippen LogP contribution is -2.49. The van der Waals surface area contributed by atoms with Gasteiger partial charge in [-0.25, -0.2) is 4.79 Å². The molecule has 0 unspecified atom stereocenters. The van der Waals surface area contributed by atoms with Crippen molar-refractivity contribution in [2.24, 2.45) is 0 Å². The zero-order chi connectivity index (χ0) is 26.1. The van der Waals surface area contributed by atoms with Crippen LogP contribution in [0.3, 0.4) is 0 Å². The minimum Gasteiger partial charge on any atom is -0.462 e. The molecule has 8 nitrogen and oxygen atoms in total. The molecule has 3 rings (SSSR count). The number of halogens is 1. The van der Waals surface area contributed by atoms with Gasteiger partial charge in [0.25, 0.3) is 5.91 Å². The molecule has 0 radical (unpaired) electrons. The van der Waals surface area contributed by atoms with Crippen LogP contribution in [0.5, 0.6) is 0 Å². The topological polar surface area (TPSA) is 79.4 Å². The molecule has 1 heterocycles. The number of hydrogen-bond acceptors (Lipinski definition) is 6. The fourth-order valence-electron chi connectivity index (χ4n) is 4.00. The first-order valence-electron chi connectivity index (χ1n) is 12.2. The minimum atomic E-state index is -0.950. The van der Waals surface area contributed by atoms with Crippen LogP contribution >= 0.6 is 11.6 Å². The quantitative estimate of drug-likeness (QED) is 0.377. The van der Waals surface area contributed by atoms with Crippen LogP contribution in [0, 0.1) is 0 Å². The van der Waals surface area contributed by atoms with Crippen molar-refractivity contribution in [3.63, 3.8) is 0 Å². The number of piperazine rings is 1. The lowest BCUT2D eigenvalue weighted by Gasteiger charge is -2.35. The molecule has 0 atom stereocenters. The molecule has 194 valence electrons. The Morgan fingerprint density at radius 1 is 0.972 bits per heavy atom. The number of esters is 1. The van der Waals surface area contributed by atoms with E-state index in [2.05, 4.69) is 9.64 Å². The number of hydrogen-bond donors (Lipinski definition) is 0. The Morgan fingerprint density at radius 2 is 1.61 bits per heavy atom. The van der Waals surface area contributed by atoms with E-state index >= 15 is 0 Å². The monoisotopic (exact) mass is 515 g/mol. The third-order valence-corrected chi connectivity index (χ3v) is 6.34. The molecule has 0 saturated carbocycles. The highest BCUT2D eigenvalue weighted by molar-refractivity contribution is 6.38. The van der Waals surface area contributed by atoms with Crippen molar-refractivity contribution < 1.29 is 23.9 Å². The van der Waals surface area contributed by atoms with Crippen molar-refractivity contribution in [3.8, 4) is 0 Å². The summed E-state index contributed by atoms with van der Waals surface area (Å²) >= 11 is 5.95. The molecule has 1 aliphatic heterocycles. The lowest BCUT2D eigenvalue weighted by atomic mass is 10.1. The molecular formula is C27H34ClN3O5. The molecule has 0 spiro atoms. The van der Waals surface area contributed by atoms with Crippen LogP contribution in [0.4, 0.5) is 5.69 Å². The van der Waals surface area contributed by atoms with Crippen LogP contribution in [-0.4, -0.2) is 86.7 Å². The summed E-state index contributed by atoms with van der Waals surface area (Å²) in [6, 6.07) is 14.6. The number of ether oxygens (including phenoxy) is 2. The maximum absolute atomic E-state index is 13.1. The van der Waals surface area contributed by atoms with Gasteiger partial charge in [0.2, 0.25) is 0 Å². The highest BCUT2D eigenvalue weighted by atomic mass is 35.5. The fourth-order valence-corrected chi connectivity index (χ4v) is 4.13. The van der Waals surface area contributed by atoms with Crippen LogP contribution in [0.1, 0.15) is 29.8 Å². The second-order valence-corrected chi connectivity index (χ2v) is 9.36. The van der Waals surface area contributed by atoms with Crippen LogP contribution < -0.4 is 4.90 Å². The van der Waals surface area contributed by atoms with Crippen LogP contribution in [0.15, 0.2) is 48.5 Å². The van der Waals surface area contributed by atoms with Gasteiger partial charge in [0.15, 0.2) is 0 Å². The average molecular weight is 516 g/mol. The van der Waals surface area contributed by atoms with E-state index in [4.69, 9.17) is 16.3 Å². The normalized spacial score (nSPS) is 14.1. The zero-order valence-electron chi connectivity index (χ0n) is 21.1. The number of carbonyl (C=O) groups is 3. The van der Waals surface area contributed by atoms with Crippen molar-refractivity contribution >= 4 is 35.1 Å². The van der Waals surface area contributed by atoms with Gasteiger partial charge in [0.1, 0.15) is 0 Å². The van der Waals surface area contributed by atoms with Crippen LogP contribution in [0.2, 0.25) is 5.02 Å². The van der Waals surface area contributed by atoms with E-state index < -0.39 is 11.9 Å². The Balaban J connectivity index is 1.55. The summed E-state index contributed by atoms with van der Waals surface area (Å²) in [6.07, 6.45) is 0.938. The van der Waals surface area contributed by atoms with E-state index in [1.165, 1.54) is 17.6 Å². The van der Waals surface area contributed by atoms with Crippen molar-refractivity contribution in [1.29, 1.82) is 0 Å². The predicted molar refractivity (Wildman–Crippen MR) is 139 cm³/mol. The van der Waals surface area contributed by atoms with Crippen LogP contribution in [0.25, 0.3) is 0 Å². The number of methoxy groups -OCH3 is 1. The van der Waals surface area contributed by atoms with E-state index in [1.54, 1.807) is 24.3 Å². The number of nitrogens with zero attached hydrogens (tertiary/aromatic N) is 3. The Hall–Kier alpha value is -2.94. The lowest BCUT2D eigenvalue weighted by molar-refractivity contribution is -0.151.